The first-order chi connectivity index (χ1) is 7.58. The van der Waals surface area contributed by atoms with E-state index < -0.39 is 12.0 Å². The molecule has 0 bridgehead atoms. The van der Waals surface area contributed by atoms with Crippen molar-refractivity contribution in [3.63, 3.8) is 0 Å². The number of nitrogens with zero attached hydrogens (tertiary/aromatic N) is 1. The number of rotatable bonds is 2. The molecule has 5 heteroatoms. The smallest absolute Gasteiger partial charge is 0.329 e. The maximum Gasteiger partial charge on any atom is 0.329 e. The van der Waals surface area contributed by atoms with E-state index in [0.717, 1.165) is 16.2 Å². The van der Waals surface area contributed by atoms with Crippen molar-refractivity contribution in [2.45, 2.75) is 13.0 Å². The molecule has 16 heavy (non-hydrogen) atoms. The summed E-state index contributed by atoms with van der Waals surface area (Å²) in [5.74, 6) is -0.176. The molecule has 1 aliphatic heterocycles. The van der Waals surface area contributed by atoms with E-state index in [9.17, 15) is 9.90 Å². The first-order valence-electron chi connectivity index (χ1n) is 4.81. The number of hydrogen-bond acceptors (Lipinski definition) is 4. The quantitative estimate of drug-likeness (QED) is 0.820. The van der Waals surface area contributed by atoms with Gasteiger partial charge in [-0.15, -0.1) is 11.8 Å². The molecule has 1 aliphatic rings. The number of phenolic OH excluding ortho intramolecular Hbond substituents is 1. The van der Waals surface area contributed by atoms with Crippen LogP contribution in [0.4, 0.5) is 0 Å². The van der Waals surface area contributed by atoms with Gasteiger partial charge in [0.2, 0.25) is 0 Å². The molecule has 0 saturated heterocycles. The minimum atomic E-state index is -0.891. The highest BCUT2D eigenvalue weighted by Crippen LogP contribution is 2.26. The second kappa shape index (κ2) is 4.17. The molecule has 0 spiro atoms. The lowest BCUT2D eigenvalue weighted by atomic mass is 10.1. The fourth-order valence-electron chi connectivity index (χ4n) is 1.45. The number of benzene rings is 1. The summed E-state index contributed by atoms with van der Waals surface area (Å²) in [6, 6.07) is 4.51. The van der Waals surface area contributed by atoms with Crippen molar-refractivity contribution in [1.29, 1.82) is 0 Å². The number of aromatic hydroxyl groups is 1. The number of thioether (sulfide) groups is 1. The molecule has 4 nitrogen and oxygen atoms in total. The Kier molecular flexibility index (Phi) is 2.87. The Bertz CT molecular complexity index is 470. The van der Waals surface area contributed by atoms with Crippen LogP contribution in [0.25, 0.3) is 0 Å². The summed E-state index contributed by atoms with van der Waals surface area (Å²) < 4.78 is 0. The Morgan fingerprint density at radius 3 is 2.88 bits per heavy atom. The average Bonchev–Trinajstić information content (AvgIpc) is 2.71. The van der Waals surface area contributed by atoms with Gasteiger partial charge in [0.1, 0.15) is 5.75 Å². The maximum absolute atomic E-state index is 10.7. The average molecular weight is 237 g/mol. The third kappa shape index (κ3) is 2.04. The first kappa shape index (κ1) is 11.0. The lowest BCUT2D eigenvalue weighted by Gasteiger charge is -2.02. The van der Waals surface area contributed by atoms with Gasteiger partial charge in [-0.2, -0.15) is 0 Å². The number of carboxylic acids is 1. The lowest BCUT2D eigenvalue weighted by Crippen LogP contribution is -2.17. The van der Waals surface area contributed by atoms with Crippen LogP contribution in [0.3, 0.4) is 0 Å². The first-order valence-corrected chi connectivity index (χ1v) is 5.80. The maximum atomic E-state index is 10.7. The summed E-state index contributed by atoms with van der Waals surface area (Å²) in [7, 11) is 0. The molecule has 0 aromatic heterocycles. The van der Waals surface area contributed by atoms with E-state index in [1.54, 1.807) is 19.1 Å². The standard InChI is InChI=1S/C11H11NO3S/c1-6-4-7(2-3-9(6)13)10-12-8(5-16-10)11(14)15/h2-4,8,13H,5H2,1H3,(H,14,15). The van der Waals surface area contributed by atoms with E-state index in [1.165, 1.54) is 11.8 Å². The van der Waals surface area contributed by atoms with Crippen LogP contribution in [0.1, 0.15) is 11.1 Å². The van der Waals surface area contributed by atoms with Crippen molar-refractivity contribution < 1.29 is 15.0 Å². The van der Waals surface area contributed by atoms with Crippen LogP contribution in [0.15, 0.2) is 23.2 Å². The normalized spacial score (nSPS) is 19.6. The minimum absolute atomic E-state index is 0.238. The van der Waals surface area contributed by atoms with Gasteiger partial charge in [-0.25, -0.2) is 4.79 Å². The van der Waals surface area contributed by atoms with Crippen molar-refractivity contribution in [3.8, 4) is 5.75 Å². The van der Waals surface area contributed by atoms with E-state index in [-0.39, 0.29) is 5.75 Å². The van der Waals surface area contributed by atoms with E-state index in [4.69, 9.17) is 5.11 Å². The number of aryl methyl sites for hydroxylation is 1. The molecule has 84 valence electrons. The fourth-order valence-corrected chi connectivity index (χ4v) is 2.48. The molecular formula is C11H11NO3S. The number of aliphatic imine (C=N–C) groups is 1. The topological polar surface area (TPSA) is 69.9 Å². The molecular weight excluding hydrogens is 226 g/mol. The zero-order valence-corrected chi connectivity index (χ0v) is 9.49. The summed E-state index contributed by atoms with van der Waals surface area (Å²) in [4.78, 5) is 14.9. The molecule has 1 unspecified atom stereocenters. The van der Waals surface area contributed by atoms with E-state index >= 15 is 0 Å². The van der Waals surface area contributed by atoms with Gasteiger partial charge in [0.05, 0.1) is 5.04 Å². The van der Waals surface area contributed by atoms with Crippen LogP contribution in [-0.2, 0) is 4.79 Å². The Balaban J connectivity index is 2.29. The number of carboxylic acid groups (broad SMARTS) is 1. The van der Waals surface area contributed by atoms with Gasteiger partial charge in [0, 0.05) is 11.3 Å². The van der Waals surface area contributed by atoms with Gasteiger partial charge in [-0.05, 0) is 30.7 Å². The molecule has 0 amide bonds. The van der Waals surface area contributed by atoms with E-state index in [2.05, 4.69) is 4.99 Å². The van der Waals surface area contributed by atoms with Gasteiger partial charge < -0.3 is 10.2 Å². The van der Waals surface area contributed by atoms with Crippen molar-refractivity contribution in [3.05, 3.63) is 29.3 Å². The van der Waals surface area contributed by atoms with Crippen molar-refractivity contribution in [2.24, 2.45) is 4.99 Å². The number of carbonyl (C=O) groups is 1. The number of hydrogen-bond donors (Lipinski definition) is 2. The molecule has 2 N–H and O–H groups in total. The van der Waals surface area contributed by atoms with Crippen molar-refractivity contribution >= 4 is 22.8 Å². The third-order valence-electron chi connectivity index (χ3n) is 2.38. The summed E-state index contributed by atoms with van der Waals surface area (Å²) in [6.45, 7) is 1.80. The zero-order chi connectivity index (χ0) is 11.7. The van der Waals surface area contributed by atoms with Crippen LogP contribution in [0.5, 0.6) is 5.75 Å². The summed E-state index contributed by atoms with van der Waals surface area (Å²) >= 11 is 1.43. The molecule has 0 fully saturated rings. The number of phenols is 1. The van der Waals surface area contributed by atoms with Gasteiger partial charge in [-0.3, -0.25) is 4.99 Å². The molecule has 0 aliphatic carbocycles. The van der Waals surface area contributed by atoms with Crippen LogP contribution < -0.4 is 0 Å². The molecule has 1 aromatic rings. The molecule has 1 heterocycles. The molecule has 2 rings (SSSR count). The highest BCUT2D eigenvalue weighted by Gasteiger charge is 2.25. The second-order valence-electron chi connectivity index (χ2n) is 3.60. The minimum Gasteiger partial charge on any atom is -0.508 e. The van der Waals surface area contributed by atoms with Crippen molar-refractivity contribution in [2.75, 3.05) is 5.75 Å². The Labute approximate surface area is 97.0 Å². The van der Waals surface area contributed by atoms with Crippen LogP contribution in [0, 0.1) is 6.92 Å². The molecule has 0 radical (unpaired) electrons. The Hall–Kier alpha value is -1.49. The molecule has 1 aromatic carbocycles. The highest BCUT2D eigenvalue weighted by atomic mass is 32.2. The van der Waals surface area contributed by atoms with Gasteiger partial charge in [-0.1, -0.05) is 0 Å². The zero-order valence-electron chi connectivity index (χ0n) is 8.67. The van der Waals surface area contributed by atoms with Gasteiger partial charge in [0.25, 0.3) is 0 Å². The number of aliphatic carboxylic acids is 1. The van der Waals surface area contributed by atoms with Gasteiger partial charge >= 0.3 is 5.97 Å². The predicted octanol–water partition coefficient (Wildman–Crippen LogP) is 1.65. The van der Waals surface area contributed by atoms with E-state index in [0.29, 0.717) is 5.75 Å². The summed E-state index contributed by atoms with van der Waals surface area (Å²) in [6.07, 6.45) is 0. The monoisotopic (exact) mass is 237 g/mol. The summed E-state index contributed by atoms with van der Waals surface area (Å²) in [5.41, 5.74) is 1.63. The third-order valence-corrected chi connectivity index (χ3v) is 3.48. The predicted molar refractivity (Wildman–Crippen MR) is 63.3 cm³/mol. The fraction of sp³-hybridized carbons (Fsp3) is 0.273. The van der Waals surface area contributed by atoms with Gasteiger partial charge in [0.15, 0.2) is 6.04 Å². The van der Waals surface area contributed by atoms with Crippen LogP contribution in [0.2, 0.25) is 0 Å². The molecule has 0 saturated carbocycles. The van der Waals surface area contributed by atoms with Crippen LogP contribution >= 0.6 is 11.8 Å². The lowest BCUT2D eigenvalue weighted by molar-refractivity contribution is -0.137. The Morgan fingerprint density at radius 2 is 2.31 bits per heavy atom. The molecule has 1 atom stereocenters. The largest absolute Gasteiger partial charge is 0.508 e. The summed E-state index contributed by atoms with van der Waals surface area (Å²) in [5, 5.41) is 18.9. The SMILES string of the molecule is Cc1cc(C2=NC(C(=O)O)CS2)ccc1O. The second-order valence-corrected chi connectivity index (χ2v) is 4.61. The van der Waals surface area contributed by atoms with Crippen molar-refractivity contribution in [1.82, 2.24) is 0 Å². The van der Waals surface area contributed by atoms with Crippen LogP contribution in [-0.4, -0.2) is 33.0 Å². The van der Waals surface area contributed by atoms with E-state index in [1.807, 2.05) is 6.07 Å². The Morgan fingerprint density at radius 1 is 1.56 bits per heavy atom. The highest BCUT2D eigenvalue weighted by molar-refractivity contribution is 8.14.